The first kappa shape index (κ1) is 21.6. The van der Waals surface area contributed by atoms with Crippen LogP contribution < -0.4 is 10.6 Å². The SMILES string of the molecule is CC(C)(C)C[C@H]1N[C@@H](CO)[C@H](c2cccc(Cl)c2)[C@@]12C(=O)Nc1cc(Cl)c(F)cc12. The average Bonchev–Trinajstić information content (AvgIpc) is 3.11. The van der Waals surface area contributed by atoms with Crippen molar-refractivity contribution >= 4 is 34.8 Å². The average molecular weight is 451 g/mol. The molecule has 0 aromatic heterocycles. The number of rotatable bonds is 3. The van der Waals surface area contributed by atoms with Gasteiger partial charge in [-0.2, -0.15) is 0 Å². The lowest BCUT2D eigenvalue weighted by molar-refractivity contribution is -0.122. The van der Waals surface area contributed by atoms with Gasteiger partial charge in [-0.15, -0.1) is 0 Å². The summed E-state index contributed by atoms with van der Waals surface area (Å²) in [6, 6.07) is 9.43. The summed E-state index contributed by atoms with van der Waals surface area (Å²) in [6.07, 6.45) is 0.650. The van der Waals surface area contributed by atoms with Crippen molar-refractivity contribution in [2.24, 2.45) is 5.41 Å². The summed E-state index contributed by atoms with van der Waals surface area (Å²) < 4.78 is 14.6. The number of aliphatic hydroxyl groups excluding tert-OH is 1. The van der Waals surface area contributed by atoms with Crippen molar-refractivity contribution in [1.82, 2.24) is 5.32 Å². The van der Waals surface area contributed by atoms with Crippen molar-refractivity contribution in [1.29, 1.82) is 0 Å². The minimum Gasteiger partial charge on any atom is -0.395 e. The van der Waals surface area contributed by atoms with Crippen molar-refractivity contribution in [3.05, 3.63) is 63.4 Å². The fourth-order valence-corrected chi connectivity index (χ4v) is 5.56. The quantitative estimate of drug-likeness (QED) is 0.624. The Bertz CT molecular complexity index is 1010. The van der Waals surface area contributed by atoms with Gasteiger partial charge in [0, 0.05) is 28.7 Å². The standard InChI is InChI=1S/C23H25Cl2FN2O2/c1-22(2,3)10-19-23(14-8-16(26)15(25)9-17(14)28-21(23)30)20(18(11-29)27-19)12-5-4-6-13(24)7-12/h4-9,18-20,27,29H,10-11H2,1-3H3,(H,28,30)/t18-,19+,20-,23-/m0/s1. The van der Waals surface area contributed by atoms with E-state index in [1.807, 2.05) is 18.2 Å². The molecule has 7 heteroatoms. The molecule has 30 heavy (non-hydrogen) atoms. The molecule has 2 aliphatic heterocycles. The molecule has 4 rings (SSSR count). The van der Waals surface area contributed by atoms with Crippen LogP contribution in [-0.2, 0) is 10.2 Å². The van der Waals surface area contributed by atoms with Crippen molar-refractivity contribution in [2.45, 2.75) is 50.6 Å². The number of benzene rings is 2. The molecule has 0 bridgehead atoms. The zero-order valence-electron chi connectivity index (χ0n) is 17.1. The molecule has 2 aromatic rings. The van der Waals surface area contributed by atoms with Crippen molar-refractivity contribution < 1.29 is 14.3 Å². The van der Waals surface area contributed by atoms with Gasteiger partial charge in [0.1, 0.15) is 11.2 Å². The van der Waals surface area contributed by atoms with E-state index in [1.165, 1.54) is 12.1 Å². The molecular formula is C23H25Cl2FN2O2. The Kier molecular flexibility index (Phi) is 5.38. The zero-order valence-corrected chi connectivity index (χ0v) is 18.6. The second-order valence-electron chi connectivity index (χ2n) is 9.44. The first-order valence-corrected chi connectivity index (χ1v) is 10.8. The number of hydrogen-bond acceptors (Lipinski definition) is 3. The smallest absolute Gasteiger partial charge is 0.237 e. The highest BCUT2D eigenvalue weighted by Gasteiger charge is 2.64. The van der Waals surface area contributed by atoms with Crippen LogP contribution in [0.15, 0.2) is 36.4 Å². The van der Waals surface area contributed by atoms with Crippen molar-refractivity contribution in [3.8, 4) is 0 Å². The third-order valence-corrected chi connectivity index (χ3v) is 6.73. The minimum absolute atomic E-state index is 0.0394. The maximum atomic E-state index is 14.6. The number of nitrogens with one attached hydrogen (secondary N) is 2. The van der Waals surface area contributed by atoms with E-state index in [2.05, 4.69) is 31.4 Å². The van der Waals surface area contributed by atoms with E-state index in [0.29, 0.717) is 22.7 Å². The molecule has 1 spiro atoms. The van der Waals surface area contributed by atoms with Gasteiger partial charge in [0.15, 0.2) is 0 Å². The number of hydrogen-bond donors (Lipinski definition) is 3. The number of carbonyl (C=O) groups excluding carboxylic acids is 1. The van der Waals surface area contributed by atoms with Crippen LogP contribution >= 0.6 is 23.2 Å². The van der Waals surface area contributed by atoms with Crippen molar-refractivity contribution in [3.63, 3.8) is 0 Å². The van der Waals surface area contributed by atoms with Crippen LogP contribution in [0.2, 0.25) is 10.0 Å². The van der Waals surface area contributed by atoms with Gasteiger partial charge in [-0.05, 0) is 47.2 Å². The van der Waals surface area contributed by atoms with E-state index in [0.717, 1.165) is 5.56 Å². The Balaban J connectivity index is 2.00. The number of amides is 1. The molecule has 0 radical (unpaired) electrons. The highest BCUT2D eigenvalue weighted by Crippen LogP contribution is 2.56. The van der Waals surface area contributed by atoms with Crippen LogP contribution in [0, 0.1) is 11.2 Å². The fourth-order valence-electron chi connectivity index (χ4n) is 5.20. The first-order valence-electron chi connectivity index (χ1n) is 10.0. The predicted octanol–water partition coefficient (Wildman–Crippen LogP) is 4.88. The van der Waals surface area contributed by atoms with Gasteiger partial charge in [-0.1, -0.05) is 56.1 Å². The molecule has 2 heterocycles. The molecule has 0 unspecified atom stereocenters. The van der Waals surface area contributed by atoms with Crippen LogP contribution in [-0.4, -0.2) is 29.7 Å². The van der Waals surface area contributed by atoms with E-state index in [4.69, 9.17) is 23.2 Å². The molecule has 1 saturated heterocycles. The molecule has 3 N–H and O–H groups in total. The minimum atomic E-state index is -1.11. The largest absolute Gasteiger partial charge is 0.395 e. The van der Waals surface area contributed by atoms with E-state index in [-0.39, 0.29) is 29.0 Å². The molecule has 4 nitrogen and oxygen atoms in total. The third kappa shape index (κ3) is 3.32. The Morgan fingerprint density at radius 3 is 2.57 bits per heavy atom. The lowest BCUT2D eigenvalue weighted by Crippen LogP contribution is -2.49. The highest BCUT2D eigenvalue weighted by molar-refractivity contribution is 6.31. The Morgan fingerprint density at radius 1 is 1.20 bits per heavy atom. The highest BCUT2D eigenvalue weighted by atomic mass is 35.5. The third-order valence-electron chi connectivity index (χ3n) is 6.21. The summed E-state index contributed by atoms with van der Waals surface area (Å²) in [5.74, 6) is -1.23. The lowest BCUT2D eigenvalue weighted by atomic mass is 9.62. The summed E-state index contributed by atoms with van der Waals surface area (Å²) in [5, 5.41) is 17.2. The molecule has 4 atom stereocenters. The zero-order chi connectivity index (χ0) is 21.8. The lowest BCUT2D eigenvalue weighted by Gasteiger charge is -2.37. The summed E-state index contributed by atoms with van der Waals surface area (Å²) in [7, 11) is 0. The van der Waals surface area contributed by atoms with Gasteiger partial charge in [0.25, 0.3) is 0 Å². The molecule has 1 amide bonds. The van der Waals surface area contributed by atoms with E-state index in [9.17, 15) is 14.3 Å². The predicted molar refractivity (Wildman–Crippen MR) is 118 cm³/mol. The Labute approximate surface area is 185 Å². The van der Waals surface area contributed by atoms with Gasteiger partial charge in [-0.3, -0.25) is 4.79 Å². The first-order chi connectivity index (χ1) is 14.1. The Hall–Kier alpha value is -1.66. The number of anilines is 1. The molecule has 0 aliphatic carbocycles. The number of aliphatic hydroxyl groups is 1. The van der Waals surface area contributed by atoms with Gasteiger partial charge in [-0.25, -0.2) is 4.39 Å². The fraction of sp³-hybridized carbons (Fsp3) is 0.435. The molecule has 2 aromatic carbocycles. The maximum absolute atomic E-state index is 14.6. The molecule has 2 aliphatic rings. The number of halogens is 3. The molecule has 160 valence electrons. The van der Waals surface area contributed by atoms with Crippen molar-refractivity contribution in [2.75, 3.05) is 11.9 Å². The second kappa shape index (κ2) is 7.49. The van der Waals surface area contributed by atoms with Gasteiger partial charge in [0.2, 0.25) is 5.91 Å². The molecular weight excluding hydrogens is 426 g/mol. The number of fused-ring (bicyclic) bond motifs is 2. The number of carbonyl (C=O) groups is 1. The van der Waals surface area contributed by atoms with E-state index < -0.39 is 23.2 Å². The normalized spacial score (nSPS) is 28.1. The van der Waals surface area contributed by atoms with E-state index >= 15 is 0 Å². The summed E-state index contributed by atoms with van der Waals surface area (Å²) in [6.45, 7) is 6.12. The van der Waals surface area contributed by atoms with E-state index in [1.54, 1.807) is 6.07 Å². The van der Waals surface area contributed by atoms with Crippen LogP contribution in [0.3, 0.4) is 0 Å². The summed E-state index contributed by atoms with van der Waals surface area (Å²) >= 11 is 12.3. The summed E-state index contributed by atoms with van der Waals surface area (Å²) in [4.78, 5) is 13.7. The van der Waals surface area contributed by atoms with Crippen LogP contribution in [0.25, 0.3) is 0 Å². The monoisotopic (exact) mass is 450 g/mol. The maximum Gasteiger partial charge on any atom is 0.237 e. The summed E-state index contributed by atoms with van der Waals surface area (Å²) in [5.41, 5.74) is 0.687. The van der Waals surface area contributed by atoms with Gasteiger partial charge in [0.05, 0.1) is 11.6 Å². The topological polar surface area (TPSA) is 61.4 Å². The van der Waals surface area contributed by atoms with Crippen LogP contribution in [0.4, 0.5) is 10.1 Å². The molecule has 0 saturated carbocycles. The van der Waals surface area contributed by atoms with Gasteiger partial charge >= 0.3 is 0 Å². The van der Waals surface area contributed by atoms with Gasteiger partial charge < -0.3 is 15.7 Å². The molecule has 1 fully saturated rings. The Morgan fingerprint density at radius 2 is 1.93 bits per heavy atom. The van der Waals surface area contributed by atoms with Crippen LogP contribution in [0.5, 0.6) is 0 Å². The second-order valence-corrected chi connectivity index (χ2v) is 10.3. The van der Waals surface area contributed by atoms with Crippen LogP contribution in [0.1, 0.15) is 44.2 Å².